The minimum atomic E-state index is -0.244. The molecule has 3 rings (SSSR count). The van der Waals surface area contributed by atoms with Crippen molar-refractivity contribution >= 4 is 11.3 Å². The topological polar surface area (TPSA) is 49.7 Å². The largest absolute Gasteiger partial charge is 0.508 e. The molecule has 0 fully saturated rings. The van der Waals surface area contributed by atoms with Crippen LogP contribution in [-0.2, 0) is 0 Å². The molecule has 0 radical (unpaired) electrons. The van der Waals surface area contributed by atoms with Crippen LogP contribution in [0.25, 0.3) is 11.3 Å². The van der Waals surface area contributed by atoms with Crippen LogP contribution in [-0.4, -0.2) is 10.2 Å². The molecule has 3 nitrogen and oxygen atoms in total. The Morgan fingerprint density at radius 2 is 1.16 bits per heavy atom. The second-order valence-electron chi connectivity index (χ2n) is 5.46. The number of aliphatic hydroxyl groups is 2. The highest BCUT2D eigenvalue weighted by atomic mass is 16.6. The van der Waals surface area contributed by atoms with Crippen molar-refractivity contribution in [3.8, 4) is 5.75 Å². The van der Waals surface area contributed by atoms with Crippen LogP contribution in [0.5, 0.6) is 5.75 Å². The van der Waals surface area contributed by atoms with Crippen LogP contribution >= 0.6 is 0 Å². The Labute approximate surface area is 146 Å². The molecule has 0 aliphatic carbocycles. The number of hydrogen-bond donors (Lipinski definition) is 2. The number of rotatable bonds is 5. The van der Waals surface area contributed by atoms with Crippen molar-refractivity contribution in [1.29, 1.82) is 0 Å². The first kappa shape index (κ1) is 16.4. The average Bonchev–Trinajstić information content (AvgIpc) is 2.64. The van der Waals surface area contributed by atoms with E-state index in [1.165, 1.54) is 0 Å². The summed E-state index contributed by atoms with van der Waals surface area (Å²) in [5.41, 5.74) is 2.65. The Hall–Kier alpha value is -3.46. The van der Waals surface area contributed by atoms with E-state index >= 15 is 0 Å². The highest BCUT2D eigenvalue weighted by molar-refractivity contribution is 5.80. The molecular formula is C22H18O3. The Kier molecular flexibility index (Phi) is 4.86. The van der Waals surface area contributed by atoms with Gasteiger partial charge in [0.05, 0.1) is 11.1 Å². The summed E-state index contributed by atoms with van der Waals surface area (Å²) in [5, 5.41) is 20.4. The molecule has 3 aromatic carbocycles. The molecule has 0 heterocycles. The fraction of sp³-hybridized carbons (Fsp3) is 0. The van der Waals surface area contributed by atoms with Gasteiger partial charge < -0.3 is 14.9 Å². The fourth-order valence-corrected chi connectivity index (χ4v) is 2.57. The molecule has 2 N–H and O–H groups in total. The summed E-state index contributed by atoms with van der Waals surface area (Å²) in [7, 11) is 0. The van der Waals surface area contributed by atoms with Gasteiger partial charge >= 0.3 is 0 Å². The van der Waals surface area contributed by atoms with Gasteiger partial charge in [-0.2, -0.15) is 0 Å². The Morgan fingerprint density at radius 1 is 0.680 bits per heavy atom. The maximum Gasteiger partial charge on any atom is 0.291 e. The number of hydrogen-bond acceptors (Lipinski definition) is 3. The van der Waals surface area contributed by atoms with Gasteiger partial charge in [-0.3, -0.25) is 0 Å². The zero-order chi connectivity index (χ0) is 17.6. The average molecular weight is 330 g/mol. The molecule has 0 atom stereocenters. The maximum atomic E-state index is 10.7. The van der Waals surface area contributed by atoms with Gasteiger partial charge in [0.1, 0.15) is 11.5 Å². The van der Waals surface area contributed by atoms with Gasteiger partial charge in [0.25, 0.3) is 5.95 Å². The first-order valence-corrected chi connectivity index (χ1v) is 7.86. The molecule has 0 bridgehead atoms. The van der Waals surface area contributed by atoms with E-state index in [9.17, 15) is 10.2 Å². The quantitative estimate of drug-likeness (QED) is 0.601. The lowest BCUT2D eigenvalue weighted by molar-refractivity contribution is 0.211. The molecular weight excluding hydrogens is 312 g/mol. The zero-order valence-electron chi connectivity index (χ0n) is 13.6. The normalized spacial score (nSPS) is 10.1. The summed E-state index contributed by atoms with van der Waals surface area (Å²) in [6.45, 7) is 3.53. The third-order valence-corrected chi connectivity index (χ3v) is 3.74. The molecule has 0 spiro atoms. The monoisotopic (exact) mass is 330 g/mol. The highest BCUT2D eigenvalue weighted by Crippen LogP contribution is 2.30. The molecule has 3 heteroatoms. The van der Waals surface area contributed by atoms with E-state index in [-0.39, 0.29) is 11.7 Å². The maximum absolute atomic E-state index is 10.7. The summed E-state index contributed by atoms with van der Waals surface area (Å²) >= 11 is 0. The molecule has 0 saturated carbocycles. The number of para-hydroxylation sites is 1. The molecule has 0 aromatic heterocycles. The van der Waals surface area contributed by atoms with E-state index in [0.717, 1.165) is 11.1 Å². The lowest BCUT2D eigenvalue weighted by Gasteiger charge is -2.14. The SMILES string of the molecule is C=C(O)c1ccccc1OC(O)=C(c1ccccc1)c1ccccc1. The summed E-state index contributed by atoms with van der Waals surface area (Å²) in [5.74, 6) is -0.0349. The van der Waals surface area contributed by atoms with Crippen molar-refractivity contribution in [3.05, 3.63) is 114 Å². The van der Waals surface area contributed by atoms with Gasteiger partial charge in [-0.1, -0.05) is 79.4 Å². The van der Waals surface area contributed by atoms with Crippen LogP contribution in [0.2, 0.25) is 0 Å². The van der Waals surface area contributed by atoms with E-state index in [4.69, 9.17) is 4.74 Å². The second-order valence-corrected chi connectivity index (χ2v) is 5.46. The molecule has 0 aliphatic heterocycles. The smallest absolute Gasteiger partial charge is 0.291 e. The van der Waals surface area contributed by atoms with Crippen molar-refractivity contribution in [2.45, 2.75) is 0 Å². The summed E-state index contributed by atoms with van der Waals surface area (Å²) in [6, 6.07) is 25.9. The zero-order valence-corrected chi connectivity index (χ0v) is 13.6. The Morgan fingerprint density at radius 3 is 1.68 bits per heavy atom. The standard InChI is InChI=1S/C22H18O3/c1-16(23)19-14-8-9-15-20(19)25-22(24)21(17-10-4-2-5-11-17)18-12-6-3-7-13-18/h2-15,23-24H,1H2. The van der Waals surface area contributed by atoms with Crippen molar-refractivity contribution in [3.63, 3.8) is 0 Å². The van der Waals surface area contributed by atoms with E-state index in [1.807, 2.05) is 60.7 Å². The third-order valence-electron chi connectivity index (χ3n) is 3.74. The first-order chi connectivity index (χ1) is 12.2. The number of benzene rings is 3. The summed E-state index contributed by atoms with van der Waals surface area (Å²) < 4.78 is 5.69. The minimum Gasteiger partial charge on any atom is -0.508 e. The van der Waals surface area contributed by atoms with Gasteiger partial charge in [0.15, 0.2) is 0 Å². The second kappa shape index (κ2) is 7.41. The van der Waals surface area contributed by atoms with Gasteiger partial charge in [-0.05, 0) is 23.3 Å². The minimum absolute atomic E-state index is 0.121. The van der Waals surface area contributed by atoms with Crippen LogP contribution in [0.1, 0.15) is 16.7 Å². The van der Waals surface area contributed by atoms with Crippen LogP contribution < -0.4 is 4.74 Å². The van der Waals surface area contributed by atoms with E-state index < -0.39 is 0 Å². The van der Waals surface area contributed by atoms with E-state index in [1.54, 1.807) is 24.3 Å². The molecule has 25 heavy (non-hydrogen) atoms. The Balaban J connectivity index is 2.10. The van der Waals surface area contributed by atoms with E-state index in [2.05, 4.69) is 6.58 Å². The highest BCUT2D eigenvalue weighted by Gasteiger charge is 2.15. The molecule has 0 aliphatic rings. The van der Waals surface area contributed by atoms with Crippen LogP contribution in [0.3, 0.4) is 0 Å². The first-order valence-electron chi connectivity index (χ1n) is 7.86. The Bertz CT molecular complexity index is 855. The van der Waals surface area contributed by atoms with Crippen LogP contribution in [0.4, 0.5) is 0 Å². The van der Waals surface area contributed by atoms with Gasteiger partial charge in [-0.15, -0.1) is 0 Å². The predicted molar refractivity (Wildman–Crippen MR) is 100 cm³/mol. The van der Waals surface area contributed by atoms with Gasteiger partial charge in [0, 0.05) is 0 Å². The van der Waals surface area contributed by atoms with Crippen molar-refractivity contribution in [2.75, 3.05) is 0 Å². The molecule has 124 valence electrons. The van der Waals surface area contributed by atoms with Crippen molar-refractivity contribution in [2.24, 2.45) is 0 Å². The predicted octanol–water partition coefficient (Wildman–Crippen LogP) is 5.57. The van der Waals surface area contributed by atoms with Gasteiger partial charge in [-0.25, -0.2) is 0 Å². The van der Waals surface area contributed by atoms with Gasteiger partial charge in [0.2, 0.25) is 0 Å². The number of aliphatic hydroxyl groups excluding tert-OH is 2. The van der Waals surface area contributed by atoms with E-state index in [0.29, 0.717) is 16.9 Å². The summed E-state index contributed by atoms with van der Waals surface area (Å²) in [4.78, 5) is 0. The molecule has 0 saturated heterocycles. The van der Waals surface area contributed by atoms with Crippen molar-refractivity contribution < 1.29 is 14.9 Å². The lowest BCUT2D eigenvalue weighted by atomic mass is 9.99. The van der Waals surface area contributed by atoms with Crippen LogP contribution in [0, 0.1) is 0 Å². The lowest BCUT2D eigenvalue weighted by Crippen LogP contribution is -2.03. The molecule has 3 aromatic rings. The van der Waals surface area contributed by atoms with Crippen molar-refractivity contribution in [1.82, 2.24) is 0 Å². The number of ether oxygens (including phenoxy) is 1. The molecule has 0 unspecified atom stereocenters. The third kappa shape index (κ3) is 3.72. The van der Waals surface area contributed by atoms with Crippen LogP contribution in [0.15, 0.2) is 97.5 Å². The summed E-state index contributed by atoms with van der Waals surface area (Å²) in [6.07, 6.45) is 0. The molecule has 0 amide bonds. The fourth-order valence-electron chi connectivity index (χ4n) is 2.57.